The molecular formula is C14H16N2OS. The molecule has 1 aromatic heterocycles. The first kappa shape index (κ1) is 12.6. The Morgan fingerprint density at radius 1 is 1.22 bits per heavy atom. The molecule has 0 aliphatic heterocycles. The van der Waals surface area contributed by atoms with Crippen LogP contribution in [0.2, 0.25) is 0 Å². The van der Waals surface area contributed by atoms with E-state index in [1.807, 2.05) is 24.3 Å². The Labute approximate surface area is 111 Å². The number of nitrogens with two attached hydrogens (primary N) is 1. The maximum absolute atomic E-state index is 10.8. The zero-order valence-electron chi connectivity index (χ0n) is 10.3. The monoisotopic (exact) mass is 260 g/mol. The number of hydrogen-bond donors (Lipinski definition) is 2. The lowest BCUT2D eigenvalue weighted by Gasteiger charge is -2.05. The number of primary amides is 1. The lowest BCUT2D eigenvalue weighted by molar-refractivity contribution is -0.117. The molecule has 1 heterocycles. The van der Waals surface area contributed by atoms with Crippen molar-refractivity contribution in [2.45, 2.75) is 19.9 Å². The highest BCUT2D eigenvalue weighted by Gasteiger charge is 2.00. The van der Waals surface area contributed by atoms with Gasteiger partial charge >= 0.3 is 0 Å². The predicted octanol–water partition coefficient (Wildman–Crippen LogP) is 2.70. The Morgan fingerprint density at radius 3 is 2.50 bits per heavy atom. The van der Waals surface area contributed by atoms with E-state index in [1.54, 1.807) is 11.3 Å². The van der Waals surface area contributed by atoms with Gasteiger partial charge in [0.2, 0.25) is 5.91 Å². The summed E-state index contributed by atoms with van der Waals surface area (Å²) in [6, 6.07) is 12.0. The lowest BCUT2D eigenvalue weighted by atomic mass is 10.1. The van der Waals surface area contributed by atoms with Gasteiger partial charge in [0.15, 0.2) is 0 Å². The molecule has 2 aromatic rings. The van der Waals surface area contributed by atoms with Crippen molar-refractivity contribution in [3.8, 4) is 0 Å². The highest BCUT2D eigenvalue weighted by atomic mass is 32.1. The molecule has 3 N–H and O–H groups in total. The van der Waals surface area contributed by atoms with Crippen LogP contribution < -0.4 is 11.1 Å². The summed E-state index contributed by atoms with van der Waals surface area (Å²) in [5.74, 6) is -0.301. The Bertz CT molecular complexity index is 531. The van der Waals surface area contributed by atoms with Gasteiger partial charge in [-0.25, -0.2) is 0 Å². The van der Waals surface area contributed by atoms with Crippen LogP contribution in [-0.2, 0) is 17.8 Å². The van der Waals surface area contributed by atoms with Gasteiger partial charge < -0.3 is 11.1 Å². The molecule has 18 heavy (non-hydrogen) atoms. The van der Waals surface area contributed by atoms with Gasteiger partial charge in [-0.3, -0.25) is 4.79 Å². The van der Waals surface area contributed by atoms with Gasteiger partial charge in [0.25, 0.3) is 0 Å². The van der Waals surface area contributed by atoms with E-state index in [4.69, 9.17) is 5.73 Å². The first-order chi connectivity index (χ1) is 8.63. The van der Waals surface area contributed by atoms with Gasteiger partial charge in [-0.05, 0) is 36.8 Å². The molecule has 0 atom stereocenters. The lowest BCUT2D eigenvalue weighted by Crippen LogP contribution is -2.13. The van der Waals surface area contributed by atoms with Crippen molar-refractivity contribution < 1.29 is 4.79 Å². The van der Waals surface area contributed by atoms with Crippen molar-refractivity contribution in [1.82, 2.24) is 0 Å². The Hall–Kier alpha value is -1.81. The smallest absolute Gasteiger partial charge is 0.221 e. The average Bonchev–Trinajstić information content (AvgIpc) is 2.74. The summed E-state index contributed by atoms with van der Waals surface area (Å²) in [4.78, 5) is 13.4. The molecule has 0 saturated carbocycles. The van der Waals surface area contributed by atoms with Gasteiger partial charge in [-0.2, -0.15) is 0 Å². The summed E-state index contributed by atoms with van der Waals surface area (Å²) in [7, 11) is 0. The van der Waals surface area contributed by atoms with E-state index in [0.29, 0.717) is 6.42 Å². The predicted molar refractivity (Wildman–Crippen MR) is 75.7 cm³/mol. The number of thiophene rings is 1. The fourth-order valence-corrected chi connectivity index (χ4v) is 2.54. The van der Waals surface area contributed by atoms with Crippen LogP contribution >= 0.6 is 11.3 Å². The molecule has 0 aliphatic rings. The Balaban J connectivity index is 1.92. The van der Waals surface area contributed by atoms with Crippen molar-refractivity contribution in [3.05, 3.63) is 51.7 Å². The van der Waals surface area contributed by atoms with E-state index >= 15 is 0 Å². The molecule has 1 aromatic carbocycles. The van der Waals surface area contributed by atoms with E-state index < -0.39 is 0 Å². The number of anilines is 1. The number of nitrogens with one attached hydrogen (secondary N) is 1. The third-order valence-electron chi connectivity index (χ3n) is 2.60. The summed E-state index contributed by atoms with van der Waals surface area (Å²) in [6.45, 7) is 2.93. The molecular weight excluding hydrogens is 244 g/mol. The minimum Gasteiger partial charge on any atom is -0.380 e. The second kappa shape index (κ2) is 5.69. The molecule has 4 heteroatoms. The topological polar surface area (TPSA) is 55.1 Å². The Morgan fingerprint density at radius 2 is 1.94 bits per heavy atom. The van der Waals surface area contributed by atoms with Crippen LogP contribution in [0.4, 0.5) is 5.69 Å². The third-order valence-corrected chi connectivity index (χ3v) is 3.60. The second-order valence-corrected chi connectivity index (χ2v) is 5.58. The molecule has 3 nitrogen and oxygen atoms in total. The van der Waals surface area contributed by atoms with Gasteiger partial charge in [-0.1, -0.05) is 12.1 Å². The fourth-order valence-electron chi connectivity index (χ4n) is 1.71. The van der Waals surface area contributed by atoms with Crippen LogP contribution in [0.25, 0.3) is 0 Å². The molecule has 0 fully saturated rings. The molecule has 1 amide bonds. The number of rotatable bonds is 5. The van der Waals surface area contributed by atoms with E-state index in [1.165, 1.54) is 9.75 Å². The molecule has 0 spiro atoms. The summed E-state index contributed by atoms with van der Waals surface area (Å²) >= 11 is 1.79. The second-order valence-electron chi connectivity index (χ2n) is 4.21. The number of aryl methyl sites for hydroxylation is 1. The van der Waals surface area contributed by atoms with Crippen LogP contribution in [0.1, 0.15) is 15.3 Å². The number of benzene rings is 1. The number of hydrogen-bond acceptors (Lipinski definition) is 3. The maximum Gasteiger partial charge on any atom is 0.221 e. The van der Waals surface area contributed by atoms with Crippen LogP contribution in [0.15, 0.2) is 36.4 Å². The molecule has 0 bridgehead atoms. The summed E-state index contributed by atoms with van der Waals surface area (Å²) in [5, 5.41) is 3.35. The van der Waals surface area contributed by atoms with Crippen LogP contribution in [0, 0.1) is 6.92 Å². The van der Waals surface area contributed by atoms with E-state index in [9.17, 15) is 4.79 Å². The number of carbonyl (C=O) groups is 1. The first-order valence-corrected chi connectivity index (χ1v) is 6.61. The minimum absolute atomic E-state index is 0.296. The van der Waals surface area contributed by atoms with Gasteiger partial charge in [-0.15, -0.1) is 11.3 Å². The third kappa shape index (κ3) is 3.60. The normalized spacial score (nSPS) is 10.3. The molecule has 0 unspecified atom stereocenters. The van der Waals surface area contributed by atoms with Gasteiger partial charge in [0.05, 0.1) is 6.42 Å². The largest absolute Gasteiger partial charge is 0.380 e. The van der Waals surface area contributed by atoms with Crippen LogP contribution in [-0.4, -0.2) is 5.91 Å². The van der Waals surface area contributed by atoms with Crippen LogP contribution in [0.3, 0.4) is 0 Å². The van der Waals surface area contributed by atoms with Crippen molar-refractivity contribution in [3.63, 3.8) is 0 Å². The van der Waals surface area contributed by atoms with E-state index in [-0.39, 0.29) is 5.91 Å². The SMILES string of the molecule is Cc1ccc(CNc2ccc(CC(N)=O)cc2)s1. The summed E-state index contributed by atoms with van der Waals surface area (Å²) in [6.07, 6.45) is 0.296. The number of amides is 1. The summed E-state index contributed by atoms with van der Waals surface area (Å²) < 4.78 is 0. The highest BCUT2D eigenvalue weighted by molar-refractivity contribution is 7.11. The van der Waals surface area contributed by atoms with E-state index in [0.717, 1.165) is 17.8 Å². The molecule has 0 aliphatic carbocycles. The zero-order valence-corrected chi connectivity index (χ0v) is 11.1. The van der Waals surface area contributed by atoms with Crippen molar-refractivity contribution in [2.24, 2.45) is 5.73 Å². The molecule has 0 radical (unpaired) electrons. The van der Waals surface area contributed by atoms with Crippen LogP contribution in [0.5, 0.6) is 0 Å². The average molecular weight is 260 g/mol. The molecule has 2 rings (SSSR count). The molecule has 94 valence electrons. The minimum atomic E-state index is -0.301. The number of carbonyl (C=O) groups excluding carboxylic acids is 1. The quantitative estimate of drug-likeness (QED) is 0.868. The van der Waals surface area contributed by atoms with E-state index in [2.05, 4.69) is 24.4 Å². The van der Waals surface area contributed by atoms with Crippen molar-refractivity contribution in [1.29, 1.82) is 0 Å². The first-order valence-electron chi connectivity index (χ1n) is 5.80. The van der Waals surface area contributed by atoms with Gasteiger partial charge in [0.1, 0.15) is 0 Å². The Kier molecular flexibility index (Phi) is 3.99. The van der Waals surface area contributed by atoms with Crippen molar-refractivity contribution in [2.75, 3.05) is 5.32 Å². The van der Waals surface area contributed by atoms with Crippen molar-refractivity contribution >= 4 is 22.9 Å². The molecule has 0 saturated heterocycles. The zero-order chi connectivity index (χ0) is 13.0. The highest BCUT2D eigenvalue weighted by Crippen LogP contribution is 2.17. The summed E-state index contributed by atoms with van der Waals surface area (Å²) in [5.41, 5.74) is 7.14. The van der Waals surface area contributed by atoms with Gasteiger partial charge in [0, 0.05) is 22.0 Å². The maximum atomic E-state index is 10.8. The standard InChI is InChI=1S/C14H16N2OS/c1-10-2-7-13(18-10)9-16-12-5-3-11(4-6-12)8-14(15)17/h2-7,16H,8-9H2,1H3,(H2,15,17). The fraction of sp³-hybridized carbons (Fsp3) is 0.214.